The smallest absolute Gasteiger partial charge is 0.312 e. The lowest BCUT2D eigenvalue weighted by molar-refractivity contribution is -0.386. The minimum Gasteiger partial charge on any atom is -0.361 e. The van der Waals surface area contributed by atoms with Gasteiger partial charge in [0, 0.05) is 11.3 Å². The van der Waals surface area contributed by atoms with Crippen LogP contribution in [-0.4, -0.2) is 25.8 Å². The van der Waals surface area contributed by atoms with Crippen LogP contribution >= 0.6 is 0 Å². The maximum absolute atomic E-state index is 12.9. The molecule has 32 heavy (non-hydrogen) atoms. The van der Waals surface area contributed by atoms with Crippen LogP contribution in [0.25, 0.3) is 11.1 Å². The van der Waals surface area contributed by atoms with Crippen LogP contribution in [0.5, 0.6) is 0 Å². The third-order valence-electron chi connectivity index (χ3n) is 5.28. The molecule has 2 aromatic heterocycles. The van der Waals surface area contributed by atoms with Crippen LogP contribution in [0.1, 0.15) is 33.2 Å². The molecular formula is C23H21N5O4. The Labute approximate surface area is 183 Å². The molecule has 9 heteroatoms. The van der Waals surface area contributed by atoms with E-state index in [0.29, 0.717) is 28.4 Å². The highest BCUT2D eigenvalue weighted by Gasteiger charge is 2.25. The lowest BCUT2D eigenvalue weighted by atomic mass is 10.1. The minimum absolute atomic E-state index is 0.0383. The highest BCUT2D eigenvalue weighted by molar-refractivity contribution is 6.04. The quantitative estimate of drug-likeness (QED) is 0.350. The molecule has 4 aromatic rings. The zero-order valence-electron chi connectivity index (χ0n) is 17.8. The minimum atomic E-state index is -0.457. The lowest BCUT2D eigenvalue weighted by Crippen LogP contribution is -2.16. The molecule has 0 aliphatic rings. The number of nitro groups is 1. The van der Waals surface area contributed by atoms with E-state index in [1.165, 1.54) is 4.68 Å². The Morgan fingerprint density at radius 2 is 1.72 bits per heavy atom. The van der Waals surface area contributed by atoms with Crippen molar-refractivity contribution in [2.45, 2.75) is 27.3 Å². The molecule has 0 fully saturated rings. The predicted octanol–water partition coefficient (Wildman–Crippen LogP) is 4.67. The predicted molar refractivity (Wildman–Crippen MR) is 119 cm³/mol. The van der Waals surface area contributed by atoms with Crippen LogP contribution in [-0.2, 0) is 6.54 Å². The summed E-state index contributed by atoms with van der Waals surface area (Å²) in [4.78, 5) is 23.7. The van der Waals surface area contributed by atoms with Crippen LogP contribution in [0.15, 0.2) is 59.1 Å². The van der Waals surface area contributed by atoms with Crippen molar-refractivity contribution in [1.29, 1.82) is 0 Å². The molecule has 4 rings (SSSR count). The van der Waals surface area contributed by atoms with Crippen molar-refractivity contribution >= 4 is 17.3 Å². The van der Waals surface area contributed by atoms with Gasteiger partial charge in [0.05, 0.1) is 11.5 Å². The molecule has 0 saturated heterocycles. The van der Waals surface area contributed by atoms with E-state index in [-0.39, 0.29) is 17.9 Å². The molecule has 9 nitrogen and oxygen atoms in total. The van der Waals surface area contributed by atoms with Gasteiger partial charge in [-0.15, -0.1) is 0 Å². The Kier molecular flexibility index (Phi) is 5.55. The van der Waals surface area contributed by atoms with Gasteiger partial charge in [0.1, 0.15) is 17.1 Å². The first-order valence-corrected chi connectivity index (χ1v) is 9.95. The molecular weight excluding hydrogens is 410 g/mol. The SMILES string of the molecule is Cc1nn(Cc2c(C(=O)Nc3ccc(-c4ccccc4)cc3)noc2C)c(C)c1[N+](=O)[O-]. The summed E-state index contributed by atoms with van der Waals surface area (Å²) in [6.07, 6.45) is 0. The number of rotatable bonds is 6. The second-order valence-electron chi connectivity index (χ2n) is 7.40. The molecule has 1 amide bonds. The first kappa shape index (κ1) is 21.0. The summed E-state index contributed by atoms with van der Waals surface area (Å²) in [5.41, 5.74) is 4.04. The van der Waals surface area contributed by atoms with Gasteiger partial charge in [-0.1, -0.05) is 47.6 Å². The maximum atomic E-state index is 12.9. The van der Waals surface area contributed by atoms with E-state index in [0.717, 1.165) is 11.1 Å². The van der Waals surface area contributed by atoms with Crippen molar-refractivity contribution in [1.82, 2.24) is 14.9 Å². The van der Waals surface area contributed by atoms with E-state index in [1.54, 1.807) is 20.8 Å². The van der Waals surface area contributed by atoms with Gasteiger partial charge >= 0.3 is 5.69 Å². The second kappa shape index (κ2) is 8.46. The molecule has 0 aliphatic carbocycles. The number of nitrogens with zero attached hydrogens (tertiary/aromatic N) is 4. The molecule has 0 unspecified atom stereocenters. The van der Waals surface area contributed by atoms with Gasteiger partial charge < -0.3 is 9.84 Å². The molecule has 2 heterocycles. The molecule has 0 saturated carbocycles. The molecule has 1 N–H and O–H groups in total. The van der Waals surface area contributed by atoms with Crippen molar-refractivity contribution in [2.75, 3.05) is 5.32 Å². The largest absolute Gasteiger partial charge is 0.361 e. The number of benzene rings is 2. The topological polar surface area (TPSA) is 116 Å². The van der Waals surface area contributed by atoms with Gasteiger partial charge in [-0.2, -0.15) is 5.10 Å². The van der Waals surface area contributed by atoms with E-state index in [4.69, 9.17) is 4.52 Å². The monoisotopic (exact) mass is 431 g/mol. The summed E-state index contributed by atoms with van der Waals surface area (Å²) in [6, 6.07) is 17.4. The molecule has 0 radical (unpaired) electrons. The highest BCUT2D eigenvalue weighted by Crippen LogP contribution is 2.25. The maximum Gasteiger partial charge on any atom is 0.312 e. The highest BCUT2D eigenvalue weighted by atomic mass is 16.6. The van der Waals surface area contributed by atoms with Gasteiger partial charge in [-0.25, -0.2) is 0 Å². The summed E-state index contributed by atoms with van der Waals surface area (Å²) >= 11 is 0. The number of anilines is 1. The molecule has 162 valence electrons. The molecule has 0 aliphatic heterocycles. The number of aromatic nitrogens is 3. The Bertz CT molecular complexity index is 1290. The summed E-state index contributed by atoms with van der Waals surface area (Å²) in [6.45, 7) is 5.02. The zero-order valence-corrected chi connectivity index (χ0v) is 17.8. The van der Waals surface area contributed by atoms with Crippen molar-refractivity contribution in [3.8, 4) is 11.1 Å². The van der Waals surface area contributed by atoms with Crippen LogP contribution in [0.2, 0.25) is 0 Å². The molecule has 2 aromatic carbocycles. The van der Waals surface area contributed by atoms with Crippen LogP contribution in [0.4, 0.5) is 11.4 Å². The van der Waals surface area contributed by atoms with Gasteiger partial charge in [-0.05, 0) is 44.0 Å². The van der Waals surface area contributed by atoms with E-state index < -0.39 is 10.8 Å². The zero-order chi connectivity index (χ0) is 22.8. The average molecular weight is 431 g/mol. The number of aryl methyl sites for hydroxylation is 2. The first-order valence-electron chi connectivity index (χ1n) is 9.95. The number of carbonyl (C=O) groups excluding carboxylic acids is 1. The van der Waals surface area contributed by atoms with E-state index in [9.17, 15) is 14.9 Å². The van der Waals surface area contributed by atoms with Gasteiger partial charge in [-0.3, -0.25) is 19.6 Å². The van der Waals surface area contributed by atoms with Crippen molar-refractivity contribution < 1.29 is 14.2 Å². The van der Waals surface area contributed by atoms with Crippen molar-refractivity contribution in [3.63, 3.8) is 0 Å². The third kappa shape index (κ3) is 4.00. The average Bonchev–Trinajstić information content (AvgIpc) is 3.28. The van der Waals surface area contributed by atoms with E-state index >= 15 is 0 Å². The van der Waals surface area contributed by atoms with E-state index in [1.807, 2.05) is 54.6 Å². The van der Waals surface area contributed by atoms with Gasteiger partial charge in [0.15, 0.2) is 5.69 Å². The van der Waals surface area contributed by atoms with Crippen molar-refractivity contribution in [3.05, 3.63) is 93.1 Å². The van der Waals surface area contributed by atoms with Crippen LogP contribution in [0, 0.1) is 30.9 Å². The normalized spacial score (nSPS) is 10.8. The summed E-state index contributed by atoms with van der Waals surface area (Å²) < 4.78 is 6.73. The number of nitrogens with one attached hydrogen (secondary N) is 1. The van der Waals surface area contributed by atoms with Crippen LogP contribution in [0.3, 0.4) is 0 Å². The summed E-state index contributed by atoms with van der Waals surface area (Å²) in [7, 11) is 0. The van der Waals surface area contributed by atoms with Gasteiger partial charge in [0.25, 0.3) is 5.91 Å². The number of amides is 1. The second-order valence-corrected chi connectivity index (χ2v) is 7.40. The fourth-order valence-corrected chi connectivity index (χ4v) is 3.58. The Morgan fingerprint density at radius 1 is 1.06 bits per heavy atom. The Balaban J connectivity index is 1.55. The van der Waals surface area contributed by atoms with Crippen molar-refractivity contribution in [2.24, 2.45) is 0 Å². The molecule has 0 atom stereocenters. The number of hydrogen-bond donors (Lipinski definition) is 1. The Morgan fingerprint density at radius 3 is 2.34 bits per heavy atom. The number of carbonyl (C=O) groups is 1. The first-order chi connectivity index (χ1) is 15.3. The van der Waals surface area contributed by atoms with Gasteiger partial charge in [0.2, 0.25) is 0 Å². The Hall–Kier alpha value is -4.27. The number of hydrogen-bond acceptors (Lipinski definition) is 6. The summed E-state index contributed by atoms with van der Waals surface area (Å²) in [5, 5.41) is 22.3. The molecule has 0 spiro atoms. The standard InChI is InChI=1S/C23H21N5O4/c1-14-22(28(30)31)15(2)27(25-14)13-20-16(3)32-26-21(20)23(29)24-19-11-9-18(10-12-19)17-7-5-4-6-8-17/h4-12H,13H2,1-3H3,(H,24,29). The van der Waals surface area contributed by atoms with E-state index in [2.05, 4.69) is 15.6 Å². The van der Waals surface area contributed by atoms with Crippen LogP contribution < -0.4 is 5.32 Å². The fourth-order valence-electron chi connectivity index (χ4n) is 3.58. The fraction of sp³-hybridized carbons (Fsp3) is 0.174. The molecule has 0 bridgehead atoms. The third-order valence-corrected chi connectivity index (χ3v) is 5.28. The summed E-state index contributed by atoms with van der Waals surface area (Å²) in [5.74, 6) is 0.0186. The lowest BCUT2D eigenvalue weighted by Gasteiger charge is -2.07.